The molecule has 1 fully saturated rings. The third kappa shape index (κ3) is 5.64. The maximum atomic E-state index is 13.0. The number of piperidine rings is 1. The molecule has 1 atom stereocenters. The zero-order valence-electron chi connectivity index (χ0n) is 18.0. The SMILES string of the molecule is O=C(NCc1ccccc1COCc1ccccc1)C1CCCCN1C(=O)c1cccs1. The van der Waals surface area contributed by atoms with E-state index in [4.69, 9.17) is 4.74 Å². The van der Waals surface area contributed by atoms with Crippen LogP contribution >= 0.6 is 11.3 Å². The molecule has 4 rings (SSSR count). The van der Waals surface area contributed by atoms with Crippen LogP contribution in [0.25, 0.3) is 0 Å². The molecule has 0 spiro atoms. The Morgan fingerprint density at radius 1 is 0.938 bits per heavy atom. The quantitative estimate of drug-likeness (QED) is 0.540. The van der Waals surface area contributed by atoms with Gasteiger partial charge in [-0.2, -0.15) is 0 Å². The van der Waals surface area contributed by atoms with Gasteiger partial charge >= 0.3 is 0 Å². The van der Waals surface area contributed by atoms with Crippen LogP contribution in [0, 0.1) is 0 Å². The van der Waals surface area contributed by atoms with Crippen LogP contribution in [-0.2, 0) is 29.3 Å². The van der Waals surface area contributed by atoms with E-state index in [0.29, 0.717) is 37.6 Å². The van der Waals surface area contributed by atoms with Crippen molar-refractivity contribution in [2.24, 2.45) is 0 Å². The summed E-state index contributed by atoms with van der Waals surface area (Å²) < 4.78 is 5.89. The lowest BCUT2D eigenvalue weighted by atomic mass is 10.0. The first kappa shape index (κ1) is 22.2. The number of amides is 2. The number of nitrogens with zero attached hydrogens (tertiary/aromatic N) is 1. The Bertz CT molecular complexity index is 1020. The zero-order chi connectivity index (χ0) is 22.2. The lowest BCUT2D eigenvalue weighted by molar-refractivity contribution is -0.126. The minimum Gasteiger partial charge on any atom is -0.372 e. The smallest absolute Gasteiger partial charge is 0.264 e. The summed E-state index contributed by atoms with van der Waals surface area (Å²) in [5.41, 5.74) is 3.21. The molecule has 32 heavy (non-hydrogen) atoms. The number of ether oxygens (including phenoxy) is 1. The number of likely N-dealkylation sites (tertiary alicyclic amines) is 1. The van der Waals surface area contributed by atoms with E-state index in [9.17, 15) is 9.59 Å². The molecular weight excluding hydrogens is 420 g/mol. The minimum atomic E-state index is -0.417. The number of thiophene rings is 1. The fourth-order valence-corrected chi connectivity index (χ4v) is 4.69. The summed E-state index contributed by atoms with van der Waals surface area (Å²) >= 11 is 1.42. The fourth-order valence-electron chi connectivity index (χ4n) is 4.01. The monoisotopic (exact) mass is 448 g/mol. The minimum absolute atomic E-state index is 0.0467. The molecule has 1 aromatic heterocycles. The predicted octanol–water partition coefficient (Wildman–Crippen LogP) is 4.78. The van der Waals surface area contributed by atoms with Gasteiger partial charge in [-0.3, -0.25) is 9.59 Å². The van der Waals surface area contributed by atoms with Crippen molar-refractivity contribution in [3.05, 3.63) is 93.7 Å². The van der Waals surface area contributed by atoms with Gasteiger partial charge in [-0.25, -0.2) is 0 Å². The Morgan fingerprint density at radius 2 is 1.72 bits per heavy atom. The first-order valence-electron chi connectivity index (χ1n) is 11.0. The second-order valence-corrected chi connectivity index (χ2v) is 8.90. The number of carbonyl (C=O) groups is 2. The average molecular weight is 449 g/mol. The van der Waals surface area contributed by atoms with Crippen LogP contribution in [0.2, 0.25) is 0 Å². The molecule has 3 aromatic rings. The Hall–Kier alpha value is -2.96. The Balaban J connectivity index is 1.35. The highest BCUT2D eigenvalue weighted by Crippen LogP contribution is 2.22. The molecule has 0 aliphatic carbocycles. The van der Waals surface area contributed by atoms with Gasteiger partial charge in [0.25, 0.3) is 5.91 Å². The fraction of sp³-hybridized carbons (Fsp3) is 0.308. The van der Waals surface area contributed by atoms with E-state index in [1.54, 1.807) is 4.90 Å². The third-order valence-corrected chi connectivity index (χ3v) is 6.60. The first-order chi connectivity index (χ1) is 15.7. The van der Waals surface area contributed by atoms with Crippen LogP contribution in [-0.4, -0.2) is 29.3 Å². The van der Waals surface area contributed by atoms with Crippen molar-refractivity contribution in [3.8, 4) is 0 Å². The van der Waals surface area contributed by atoms with Gasteiger partial charge in [-0.15, -0.1) is 11.3 Å². The molecule has 1 aliphatic heterocycles. The Labute approximate surface area is 193 Å². The molecule has 6 heteroatoms. The van der Waals surface area contributed by atoms with Crippen molar-refractivity contribution < 1.29 is 14.3 Å². The van der Waals surface area contributed by atoms with Crippen LogP contribution in [0.15, 0.2) is 72.1 Å². The van der Waals surface area contributed by atoms with Gasteiger partial charge in [-0.1, -0.05) is 60.7 Å². The van der Waals surface area contributed by atoms with Crippen molar-refractivity contribution in [2.45, 2.75) is 45.1 Å². The molecule has 2 heterocycles. The number of carbonyl (C=O) groups excluding carboxylic acids is 2. The number of rotatable bonds is 8. The molecule has 166 valence electrons. The molecule has 1 unspecified atom stereocenters. The van der Waals surface area contributed by atoms with Crippen molar-refractivity contribution in [2.75, 3.05) is 6.54 Å². The molecule has 0 bridgehead atoms. The van der Waals surface area contributed by atoms with E-state index in [2.05, 4.69) is 5.32 Å². The first-order valence-corrected chi connectivity index (χ1v) is 11.9. The normalized spacial score (nSPS) is 16.0. The second kappa shape index (κ2) is 11.1. The molecule has 2 amide bonds. The zero-order valence-corrected chi connectivity index (χ0v) is 18.9. The van der Waals surface area contributed by atoms with Gasteiger partial charge in [0, 0.05) is 13.1 Å². The van der Waals surface area contributed by atoms with Gasteiger partial charge in [0.05, 0.1) is 18.1 Å². The predicted molar refractivity (Wildman–Crippen MR) is 126 cm³/mol. The standard InChI is InChI=1S/C26H28N2O3S/c29-25(23-13-6-7-15-28(23)26(30)24-14-8-16-32-24)27-17-21-11-4-5-12-22(21)19-31-18-20-9-2-1-3-10-20/h1-5,8-12,14,16,23H,6-7,13,15,17-19H2,(H,27,29). The lowest BCUT2D eigenvalue weighted by Crippen LogP contribution is -2.51. The third-order valence-electron chi connectivity index (χ3n) is 5.74. The molecule has 2 aromatic carbocycles. The highest BCUT2D eigenvalue weighted by molar-refractivity contribution is 7.12. The van der Waals surface area contributed by atoms with Gasteiger partial charge in [0.2, 0.25) is 5.91 Å². The molecule has 1 saturated heterocycles. The van der Waals surface area contributed by atoms with Crippen molar-refractivity contribution in [1.82, 2.24) is 10.2 Å². The molecule has 5 nitrogen and oxygen atoms in total. The van der Waals surface area contributed by atoms with Crippen LogP contribution in [0.4, 0.5) is 0 Å². The van der Waals surface area contributed by atoms with Gasteiger partial charge in [0.15, 0.2) is 0 Å². The van der Waals surface area contributed by atoms with Crippen LogP contribution in [0.1, 0.15) is 45.6 Å². The van der Waals surface area contributed by atoms with Crippen molar-refractivity contribution in [1.29, 1.82) is 0 Å². The van der Waals surface area contributed by atoms with Crippen molar-refractivity contribution >= 4 is 23.2 Å². The van der Waals surface area contributed by atoms with Gasteiger partial charge in [-0.05, 0) is 47.4 Å². The van der Waals surface area contributed by atoms with Crippen LogP contribution in [0.3, 0.4) is 0 Å². The summed E-state index contributed by atoms with van der Waals surface area (Å²) in [6, 6.07) is 21.3. The van der Waals surface area contributed by atoms with Crippen molar-refractivity contribution in [3.63, 3.8) is 0 Å². The number of hydrogen-bond acceptors (Lipinski definition) is 4. The van der Waals surface area contributed by atoms with E-state index in [1.807, 2.05) is 72.1 Å². The largest absolute Gasteiger partial charge is 0.372 e. The van der Waals surface area contributed by atoms with Crippen LogP contribution in [0.5, 0.6) is 0 Å². The van der Waals surface area contributed by atoms with Crippen LogP contribution < -0.4 is 5.32 Å². The maximum Gasteiger partial charge on any atom is 0.264 e. The molecule has 0 saturated carbocycles. The van der Waals surface area contributed by atoms with E-state index >= 15 is 0 Å². The number of hydrogen-bond donors (Lipinski definition) is 1. The number of nitrogens with one attached hydrogen (secondary N) is 1. The summed E-state index contributed by atoms with van der Waals surface area (Å²) in [5, 5.41) is 4.95. The summed E-state index contributed by atoms with van der Waals surface area (Å²) in [5.74, 6) is -0.135. The summed E-state index contributed by atoms with van der Waals surface area (Å²) in [6.07, 6.45) is 2.59. The molecule has 1 N–H and O–H groups in total. The van der Waals surface area contributed by atoms with E-state index < -0.39 is 6.04 Å². The summed E-state index contributed by atoms with van der Waals surface area (Å²) in [7, 11) is 0. The number of benzene rings is 2. The topological polar surface area (TPSA) is 58.6 Å². The van der Waals surface area contributed by atoms with E-state index in [-0.39, 0.29) is 11.8 Å². The Morgan fingerprint density at radius 3 is 2.50 bits per heavy atom. The lowest BCUT2D eigenvalue weighted by Gasteiger charge is -2.34. The second-order valence-electron chi connectivity index (χ2n) is 7.95. The van der Waals surface area contributed by atoms with Gasteiger partial charge in [0.1, 0.15) is 6.04 Å². The summed E-state index contributed by atoms with van der Waals surface area (Å²) in [6.45, 7) is 2.07. The molecule has 0 radical (unpaired) electrons. The Kier molecular flexibility index (Phi) is 7.69. The highest BCUT2D eigenvalue weighted by atomic mass is 32.1. The maximum absolute atomic E-state index is 13.0. The van der Waals surface area contributed by atoms with E-state index in [0.717, 1.165) is 29.5 Å². The molecular formula is C26H28N2O3S. The van der Waals surface area contributed by atoms with E-state index in [1.165, 1.54) is 11.3 Å². The molecule has 1 aliphatic rings. The summed E-state index contributed by atoms with van der Waals surface area (Å²) in [4.78, 5) is 28.3. The van der Waals surface area contributed by atoms with Gasteiger partial charge < -0.3 is 15.0 Å². The highest BCUT2D eigenvalue weighted by Gasteiger charge is 2.32. The average Bonchev–Trinajstić information content (AvgIpc) is 3.38.